The van der Waals surface area contributed by atoms with Crippen molar-refractivity contribution in [3.8, 4) is 0 Å². The van der Waals surface area contributed by atoms with Crippen molar-refractivity contribution in [2.45, 2.75) is 37.8 Å². The van der Waals surface area contributed by atoms with Crippen LogP contribution < -0.4 is 21.3 Å². The molecule has 30 heavy (non-hydrogen) atoms. The van der Waals surface area contributed by atoms with Gasteiger partial charge in [-0.25, -0.2) is 4.98 Å². The summed E-state index contributed by atoms with van der Waals surface area (Å²) in [6.07, 6.45) is 5.21. The van der Waals surface area contributed by atoms with Gasteiger partial charge in [0.1, 0.15) is 5.82 Å². The number of anilines is 4. The lowest BCUT2D eigenvalue weighted by Gasteiger charge is -2.38. The molecule has 9 nitrogen and oxygen atoms in total. The summed E-state index contributed by atoms with van der Waals surface area (Å²) in [6.45, 7) is 2.52. The van der Waals surface area contributed by atoms with Crippen molar-refractivity contribution in [1.82, 2.24) is 14.9 Å². The highest BCUT2D eigenvalue weighted by atomic mass is 16.2. The Kier molecular flexibility index (Phi) is 4.65. The molecule has 9 heteroatoms. The Morgan fingerprint density at radius 3 is 2.67 bits per heavy atom. The third-order valence-corrected chi connectivity index (χ3v) is 5.96. The standard InChI is InChI=1S/C21H25N7O2/c22-19(30)17-11-23-21(26-20(17)24-13-1-2-13)25-14-3-5-15(6-4-14)27-9-10-28-16(12-27)7-8-18(28)29/h3-6,11,13,16H,1-2,7-10,12H2,(H2,22,30)(H2,23,24,25,26). The van der Waals surface area contributed by atoms with Crippen LogP contribution in [0.15, 0.2) is 30.5 Å². The van der Waals surface area contributed by atoms with Gasteiger partial charge in [0, 0.05) is 55.7 Å². The first-order valence-electron chi connectivity index (χ1n) is 10.4. The topological polar surface area (TPSA) is 116 Å². The summed E-state index contributed by atoms with van der Waals surface area (Å²) in [5.74, 6) is 0.632. The lowest BCUT2D eigenvalue weighted by atomic mass is 10.1. The normalized spacial score (nSPS) is 20.8. The van der Waals surface area contributed by atoms with Crippen molar-refractivity contribution >= 4 is 35.0 Å². The van der Waals surface area contributed by atoms with Crippen molar-refractivity contribution in [3.63, 3.8) is 0 Å². The minimum Gasteiger partial charge on any atom is -0.368 e. The summed E-state index contributed by atoms with van der Waals surface area (Å²) < 4.78 is 0. The number of carbonyl (C=O) groups is 2. The molecule has 0 radical (unpaired) electrons. The van der Waals surface area contributed by atoms with Gasteiger partial charge in [0.05, 0.1) is 5.56 Å². The van der Waals surface area contributed by atoms with Crippen LogP contribution in [0.4, 0.5) is 23.1 Å². The first-order valence-corrected chi connectivity index (χ1v) is 10.4. The number of aromatic nitrogens is 2. The maximum absolute atomic E-state index is 11.9. The molecule has 5 rings (SSSR count). The lowest BCUT2D eigenvalue weighted by Crippen LogP contribution is -2.51. The second-order valence-electron chi connectivity index (χ2n) is 8.14. The van der Waals surface area contributed by atoms with Crippen molar-refractivity contribution < 1.29 is 9.59 Å². The number of amides is 2. The number of nitrogens with zero attached hydrogens (tertiary/aromatic N) is 4. The smallest absolute Gasteiger partial charge is 0.254 e. The molecule has 1 aromatic carbocycles. The molecule has 1 aliphatic carbocycles. The Morgan fingerprint density at radius 1 is 1.13 bits per heavy atom. The Bertz CT molecular complexity index is 974. The summed E-state index contributed by atoms with van der Waals surface area (Å²) in [6, 6.07) is 8.78. The van der Waals surface area contributed by atoms with Crippen molar-refractivity contribution in [3.05, 3.63) is 36.0 Å². The van der Waals surface area contributed by atoms with Gasteiger partial charge in [0.25, 0.3) is 5.91 Å². The largest absolute Gasteiger partial charge is 0.368 e. The van der Waals surface area contributed by atoms with E-state index in [1.165, 1.54) is 6.20 Å². The summed E-state index contributed by atoms with van der Waals surface area (Å²) in [5.41, 5.74) is 7.73. The number of piperazine rings is 1. The molecule has 2 aliphatic heterocycles. The summed E-state index contributed by atoms with van der Waals surface area (Å²) in [4.78, 5) is 36.5. The number of hydrogen-bond acceptors (Lipinski definition) is 7. The van der Waals surface area contributed by atoms with Crippen LogP contribution in [0.2, 0.25) is 0 Å². The second kappa shape index (κ2) is 7.47. The van der Waals surface area contributed by atoms with Crippen LogP contribution in [0.1, 0.15) is 36.0 Å². The fraction of sp³-hybridized carbons (Fsp3) is 0.429. The molecule has 156 valence electrons. The molecule has 4 N–H and O–H groups in total. The van der Waals surface area contributed by atoms with Gasteiger partial charge >= 0.3 is 0 Å². The molecule has 0 bridgehead atoms. The molecule has 3 aliphatic rings. The van der Waals surface area contributed by atoms with Gasteiger partial charge in [-0.1, -0.05) is 0 Å². The molecular formula is C21H25N7O2. The fourth-order valence-electron chi connectivity index (χ4n) is 4.14. The average Bonchev–Trinajstić information content (AvgIpc) is 3.49. The Morgan fingerprint density at radius 2 is 1.93 bits per heavy atom. The van der Waals surface area contributed by atoms with Gasteiger partial charge in [-0.2, -0.15) is 4.98 Å². The SMILES string of the molecule is NC(=O)c1cnc(Nc2ccc(N3CCN4C(=O)CCC4C3)cc2)nc1NC1CC1. The van der Waals surface area contributed by atoms with E-state index < -0.39 is 5.91 Å². The predicted molar refractivity (Wildman–Crippen MR) is 114 cm³/mol. The van der Waals surface area contributed by atoms with E-state index in [2.05, 4.69) is 37.6 Å². The molecule has 2 aromatic rings. The maximum atomic E-state index is 11.9. The van der Waals surface area contributed by atoms with Crippen LogP contribution in [0.25, 0.3) is 0 Å². The number of hydrogen-bond donors (Lipinski definition) is 3. The van der Waals surface area contributed by atoms with Crippen LogP contribution in [-0.4, -0.2) is 58.4 Å². The van der Waals surface area contributed by atoms with Gasteiger partial charge in [0.15, 0.2) is 0 Å². The Balaban J connectivity index is 1.27. The van der Waals surface area contributed by atoms with E-state index >= 15 is 0 Å². The second-order valence-corrected chi connectivity index (χ2v) is 8.14. The summed E-state index contributed by atoms with van der Waals surface area (Å²) >= 11 is 0. The minimum atomic E-state index is -0.543. The van der Waals surface area contributed by atoms with Crippen LogP contribution >= 0.6 is 0 Å². The van der Waals surface area contributed by atoms with Crippen molar-refractivity contribution in [1.29, 1.82) is 0 Å². The molecule has 3 fully saturated rings. The molecule has 0 spiro atoms. The Hall–Kier alpha value is -3.36. The van der Waals surface area contributed by atoms with Crippen LogP contribution in [0, 0.1) is 0 Å². The number of primary amides is 1. The van der Waals surface area contributed by atoms with E-state index in [0.717, 1.165) is 50.3 Å². The van der Waals surface area contributed by atoms with E-state index in [4.69, 9.17) is 5.73 Å². The highest BCUT2D eigenvalue weighted by Gasteiger charge is 2.35. The third-order valence-electron chi connectivity index (χ3n) is 5.96. The quantitative estimate of drug-likeness (QED) is 0.667. The number of fused-ring (bicyclic) bond motifs is 1. The maximum Gasteiger partial charge on any atom is 0.254 e. The molecule has 3 heterocycles. The number of carbonyl (C=O) groups excluding carboxylic acids is 2. The van der Waals surface area contributed by atoms with Crippen LogP contribution in [-0.2, 0) is 4.79 Å². The van der Waals surface area contributed by atoms with E-state index in [1.807, 2.05) is 17.0 Å². The number of benzene rings is 1. The molecule has 2 saturated heterocycles. The van der Waals surface area contributed by atoms with Gasteiger partial charge < -0.3 is 26.2 Å². The van der Waals surface area contributed by atoms with Crippen molar-refractivity contribution in [2.75, 3.05) is 35.2 Å². The van der Waals surface area contributed by atoms with Gasteiger partial charge in [-0.15, -0.1) is 0 Å². The predicted octanol–water partition coefficient (Wildman–Crippen LogP) is 1.70. The molecule has 2 amide bonds. The van der Waals surface area contributed by atoms with Crippen LogP contribution in [0.5, 0.6) is 0 Å². The number of nitrogens with one attached hydrogen (secondary N) is 2. The first-order chi connectivity index (χ1) is 14.6. The van der Waals surface area contributed by atoms with Gasteiger partial charge in [0.2, 0.25) is 11.9 Å². The first kappa shape index (κ1) is 18.7. The zero-order valence-electron chi connectivity index (χ0n) is 16.7. The molecule has 1 saturated carbocycles. The van der Waals surface area contributed by atoms with Crippen LogP contribution in [0.3, 0.4) is 0 Å². The highest BCUT2D eigenvalue weighted by molar-refractivity contribution is 5.97. The van der Waals surface area contributed by atoms with E-state index in [-0.39, 0.29) is 5.91 Å². The third kappa shape index (κ3) is 3.74. The van der Waals surface area contributed by atoms with E-state index in [1.54, 1.807) is 0 Å². The van der Waals surface area contributed by atoms with Crippen molar-refractivity contribution in [2.24, 2.45) is 5.73 Å². The average molecular weight is 407 g/mol. The molecule has 1 aromatic heterocycles. The minimum absolute atomic E-state index is 0.289. The number of nitrogens with two attached hydrogens (primary N) is 1. The lowest BCUT2D eigenvalue weighted by molar-refractivity contribution is -0.129. The molecule has 1 atom stereocenters. The monoisotopic (exact) mass is 407 g/mol. The highest BCUT2D eigenvalue weighted by Crippen LogP contribution is 2.28. The fourth-order valence-corrected chi connectivity index (χ4v) is 4.14. The van der Waals surface area contributed by atoms with E-state index in [9.17, 15) is 9.59 Å². The summed E-state index contributed by atoms with van der Waals surface area (Å²) in [5, 5.41) is 6.43. The van der Waals surface area contributed by atoms with E-state index in [0.29, 0.717) is 35.8 Å². The van der Waals surface area contributed by atoms with Gasteiger partial charge in [-0.05, 0) is 43.5 Å². The Labute approximate surface area is 174 Å². The summed E-state index contributed by atoms with van der Waals surface area (Å²) in [7, 11) is 0. The zero-order chi connectivity index (χ0) is 20.7. The molecule has 1 unspecified atom stereocenters. The zero-order valence-corrected chi connectivity index (χ0v) is 16.7. The molecular weight excluding hydrogens is 382 g/mol. The number of rotatable bonds is 6. The van der Waals surface area contributed by atoms with Gasteiger partial charge in [-0.3, -0.25) is 9.59 Å².